The first-order valence-corrected chi connectivity index (χ1v) is 8.93. The summed E-state index contributed by atoms with van der Waals surface area (Å²) in [6.45, 7) is 1.56. The Hall–Kier alpha value is -2.08. The molecular weight excluding hydrogens is 316 g/mol. The average molecular weight is 346 g/mol. The Labute approximate surface area is 150 Å². The van der Waals surface area contributed by atoms with Crippen molar-refractivity contribution < 1.29 is 9.59 Å². The molecule has 0 spiro atoms. The van der Waals surface area contributed by atoms with Gasteiger partial charge in [0, 0.05) is 37.9 Å². The largest absolute Gasteiger partial charge is 0.377 e. The lowest BCUT2D eigenvalue weighted by atomic mass is 9.85. The lowest BCUT2D eigenvalue weighted by molar-refractivity contribution is -0.122. The highest BCUT2D eigenvalue weighted by Gasteiger charge is 2.25. The standard InChI is InChI=1S/C19H30N4O2/c1-22(2)12-6-11-20-19(25)16-13-15(9-10-17(16)23(3)4)21-18(24)14-7-5-8-14/h9-10,13-14H,5-8,11-12H2,1-4H3,(H,20,25)(H,21,24). The minimum absolute atomic E-state index is 0.0567. The van der Waals surface area contributed by atoms with Crippen LogP contribution in [0.1, 0.15) is 36.0 Å². The highest BCUT2D eigenvalue weighted by atomic mass is 16.2. The lowest BCUT2D eigenvalue weighted by Crippen LogP contribution is -2.30. The molecule has 0 saturated heterocycles. The van der Waals surface area contributed by atoms with Gasteiger partial charge in [0.25, 0.3) is 5.91 Å². The normalized spacial score (nSPS) is 14.1. The number of rotatable bonds is 8. The van der Waals surface area contributed by atoms with Crippen molar-refractivity contribution in [2.24, 2.45) is 5.92 Å². The molecule has 1 aliphatic carbocycles. The average Bonchev–Trinajstić information content (AvgIpc) is 2.49. The van der Waals surface area contributed by atoms with E-state index in [9.17, 15) is 9.59 Å². The van der Waals surface area contributed by atoms with Crippen molar-refractivity contribution in [3.63, 3.8) is 0 Å². The van der Waals surface area contributed by atoms with Gasteiger partial charge in [-0.2, -0.15) is 0 Å². The predicted molar refractivity (Wildman–Crippen MR) is 102 cm³/mol. The number of anilines is 2. The van der Waals surface area contributed by atoms with E-state index in [4.69, 9.17) is 0 Å². The highest BCUT2D eigenvalue weighted by Crippen LogP contribution is 2.29. The summed E-state index contributed by atoms with van der Waals surface area (Å²) in [5, 5.41) is 5.91. The van der Waals surface area contributed by atoms with E-state index < -0.39 is 0 Å². The number of nitrogens with one attached hydrogen (secondary N) is 2. The van der Waals surface area contributed by atoms with Gasteiger partial charge in [-0.25, -0.2) is 0 Å². The summed E-state index contributed by atoms with van der Waals surface area (Å²) >= 11 is 0. The van der Waals surface area contributed by atoms with Gasteiger partial charge in [-0.15, -0.1) is 0 Å². The maximum Gasteiger partial charge on any atom is 0.253 e. The number of amides is 2. The van der Waals surface area contributed by atoms with Crippen LogP contribution in [0.5, 0.6) is 0 Å². The molecule has 2 amide bonds. The van der Waals surface area contributed by atoms with Crippen LogP contribution in [0.2, 0.25) is 0 Å². The molecule has 1 saturated carbocycles. The zero-order valence-corrected chi connectivity index (χ0v) is 15.8. The van der Waals surface area contributed by atoms with Crippen LogP contribution >= 0.6 is 0 Å². The zero-order chi connectivity index (χ0) is 18.4. The van der Waals surface area contributed by atoms with Gasteiger partial charge in [0.1, 0.15) is 0 Å². The van der Waals surface area contributed by atoms with Crippen LogP contribution in [-0.4, -0.2) is 58.0 Å². The first-order valence-electron chi connectivity index (χ1n) is 8.93. The Morgan fingerprint density at radius 2 is 1.88 bits per heavy atom. The second-order valence-corrected chi connectivity index (χ2v) is 7.16. The Balaban J connectivity index is 2.05. The molecule has 0 heterocycles. The Bertz CT molecular complexity index is 609. The van der Waals surface area contributed by atoms with Gasteiger partial charge < -0.3 is 20.4 Å². The minimum Gasteiger partial charge on any atom is -0.377 e. The molecule has 2 N–H and O–H groups in total. The van der Waals surface area contributed by atoms with Crippen molar-refractivity contribution in [1.29, 1.82) is 0 Å². The predicted octanol–water partition coefficient (Wildman–Crippen LogP) is 2.17. The van der Waals surface area contributed by atoms with Crippen molar-refractivity contribution in [2.75, 3.05) is 51.5 Å². The fraction of sp³-hybridized carbons (Fsp3) is 0.579. The summed E-state index contributed by atoms with van der Waals surface area (Å²) in [6, 6.07) is 5.51. The van der Waals surface area contributed by atoms with Crippen LogP contribution in [0, 0.1) is 5.92 Å². The molecule has 0 bridgehead atoms. The number of carbonyl (C=O) groups is 2. The van der Waals surface area contributed by atoms with Gasteiger partial charge >= 0.3 is 0 Å². The Kier molecular flexibility index (Phi) is 6.82. The summed E-state index contributed by atoms with van der Waals surface area (Å²) in [5.41, 5.74) is 2.11. The van der Waals surface area contributed by atoms with E-state index in [2.05, 4.69) is 15.5 Å². The van der Waals surface area contributed by atoms with E-state index in [1.54, 1.807) is 6.07 Å². The van der Waals surface area contributed by atoms with Crippen LogP contribution in [0.15, 0.2) is 18.2 Å². The number of hydrogen-bond acceptors (Lipinski definition) is 4. The Morgan fingerprint density at radius 3 is 2.44 bits per heavy atom. The molecule has 25 heavy (non-hydrogen) atoms. The minimum atomic E-state index is -0.109. The molecule has 0 radical (unpaired) electrons. The third-order valence-electron chi connectivity index (χ3n) is 4.53. The zero-order valence-electron chi connectivity index (χ0n) is 15.8. The van der Waals surface area contributed by atoms with Crippen molar-refractivity contribution in [3.05, 3.63) is 23.8 Å². The molecule has 138 valence electrons. The summed E-state index contributed by atoms with van der Waals surface area (Å²) in [6.07, 6.45) is 3.94. The Morgan fingerprint density at radius 1 is 1.16 bits per heavy atom. The van der Waals surface area contributed by atoms with Crippen LogP contribution in [0.25, 0.3) is 0 Å². The van der Waals surface area contributed by atoms with E-state index in [1.807, 2.05) is 45.2 Å². The summed E-state index contributed by atoms with van der Waals surface area (Å²) in [7, 11) is 7.84. The van der Waals surface area contributed by atoms with Crippen LogP contribution in [0.3, 0.4) is 0 Å². The van der Waals surface area contributed by atoms with Gasteiger partial charge in [0.2, 0.25) is 5.91 Å². The second kappa shape index (κ2) is 8.85. The first-order chi connectivity index (χ1) is 11.9. The number of carbonyl (C=O) groups excluding carboxylic acids is 2. The third-order valence-corrected chi connectivity index (χ3v) is 4.53. The van der Waals surface area contributed by atoms with E-state index in [0.717, 1.165) is 37.9 Å². The number of benzene rings is 1. The molecular formula is C19H30N4O2. The number of hydrogen-bond donors (Lipinski definition) is 2. The van der Waals surface area contributed by atoms with Crippen LogP contribution < -0.4 is 15.5 Å². The van der Waals surface area contributed by atoms with Crippen molar-refractivity contribution in [3.8, 4) is 0 Å². The van der Waals surface area contributed by atoms with E-state index in [0.29, 0.717) is 17.8 Å². The van der Waals surface area contributed by atoms with Crippen molar-refractivity contribution in [1.82, 2.24) is 10.2 Å². The summed E-state index contributed by atoms with van der Waals surface area (Å²) < 4.78 is 0. The molecule has 0 atom stereocenters. The first kappa shape index (κ1) is 19.2. The highest BCUT2D eigenvalue weighted by molar-refractivity contribution is 6.02. The quantitative estimate of drug-likeness (QED) is 0.708. The van der Waals surface area contributed by atoms with Gasteiger partial charge in [-0.05, 0) is 58.1 Å². The molecule has 1 aromatic carbocycles. The number of nitrogens with zero attached hydrogens (tertiary/aromatic N) is 2. The molecule has 0 aromatic heterocycles. The van der Waals surface area contributed by atoms with Crippen molar-refractivity contribution in [2.45, 2.75) is 25.7 Å². The molecule has 0 aliphatic heterocycles. The lowest BCUT2D eigenvalue weighted by Gasteiger charge is -2.24. The smallest absolute Gasteiger partial charge is 0.253 e. The molecule has 1 fully saturated rings. The maximum atomic E-state index is 12.6. The summed E-state index contributed by atoms with van der Waals surface area (Å²) in [5.74, 6) is 0.0697. The molecule has 0 unspecified atom stereocenters. The second-order valence-electron chi connectivity index (χ2n) is 7.16. The summed E-state index contributed by atoms with van der Waals surface area (Å²) in [4.78, 5) is 28.7. The van der Waals surface area contributed by atoms with E-state index in [1.165, 1.54) is 0 Å². The van der Waals surface area contributed by atoms with Crippen LogP contribution in [-0.2, 0) is 4.79 Å². The maximum absolute atomic E-state index is 12.6. The van der Waals surface area contributed by atoms with Gasteiger partial charge in [-0.1, -0.05) is 6.42 Å². The van der Waals surface area contributed by atoms with E-state index >= 15 is 0 Å². The molecule has 1 aliphatic rings. The fourth-order valence-electron chi connectivity index (χ4n) is 2.79. The monoisotopic (exact) mass is 346 g/mol. The van der Waals surface area contributed by atoms with Crippen molar-refractivity contribution >= 4 is 23.2 Å². The topological polar surface area (TPSA) is 64.7 Å². The fourth-order valence-corrected chi connectivity index (χ4v) is 2.79. The SMILES string of the molecule is CN(C)CCCNC(=O)c1cc(NC(=O)C2CCC2)ccc1N(C)C. The van der Waals surface area contributed by atoms with Gasteiger partial charge in [-0.3, -0.25) is 9.59 Å². The van der Waals surface area contributed by atoms with Crippen LogP contribution in [0.4, 0.5) is 11.4 Å². The molecule has 6 heteroatoms. The molecule has 6 nitrogen and oxygen atoms in total. The van der Waals surface area contributed by atoms with Gasteiger partial charge in [0.15, 0.2) is 0 Å². The van der Waals surface area contributed by atoms with Gasteiger partial charge in [0.05, 0.1) is 5.56 Å². The third kappa shape index (κ3) is 5.46. The van der Waals surface area contributed by atoms with E-state index in [-0.39, 0.29) is 17.7 Å². The molecule has 1 aromatic rings. The molecule has 2 rings (SSSR count).